The first kappa shape index (κ1) is 26.7. The highest BCUT2D eigenvalue weighted by Crippen LogP contribution is 2.33. The number of nitrogens with one attached hydrogen (secondary N) is 3. The lowest BCUT2D eigenvalue weighted by Crippen LogP contribution is -2.12. The van der Waals surface area contributed by atoms with Gasteiger partial charge in [0.25, 0.3) is 0 Å². The van der Waals surface area contributed by atoms with Crippen molar-refractivity contribution in [1.82, 2.24) is 24.3 Å². The zero-order valence-corrected chi connectivity index (χ0v) is 22.6. The minimum absolute atomic E-state index is 0.193. The van der Waals surface area contributed by atoms with E-state index in [-0.39, 0.29) is 5.91 Å². The molecule has 0 saturated carbocycles. The third-order valence-electron chi connectivity index (χ3n) is 5.61. The van der Waals surface area contributed by atoms with Crippen molar-refractivity contribution < 1.29 is 9.53 Å². The van der Waals surface area contributed by atoms with Gasteiger partial charge in [0.1, 0.15) is 35.1 Å². The van der Waals surface area contributed by atoms with E-state index in [1.807, 2.05) is 84.3 Å². The monoisotopic (exact) mass is 554 g/mol. The van der Waals surface area contributed by atoms with Crippen molar-refractivity contribution in [3.05, 3.63) is 103 Å². The Hall–Kier alpha value is -4.93. The molecular formula is C29H27ClN8O2. The van der Waals surface area contributed by atoms with Crippen LogP contribution in [0.2, 0.25) is 5.02 Å². The molecule has 0 bridgehead atoms. The second-order valence-electron chi connectivity index (χ2n) is 9.08. The zero-order valence-electron chi connectivity index (χ0n) is 21.9. The van der Waals surface area contributed by atoms with Crippen LogP contribution >= 0.6 is 11.6 Å². The van der Waals surface area contributed by atoms with E-state index in [4.69, 9.17) is 16.3 Å². The number of hydrogen-bond acceptors (Lipinski definition) is 8. The third kappa shape index (κ3) is 7.13. The molecule has 0 saturated heterocycles. The van der Waals surface area contributed by atoms with Gasteiger partial charge in [0, 0.05) is 60.4 Å². The Morgan fingerprint density at radius 2 is 1.73 bits per heavy atom. The van der Waals surface area contributed by atoms with Crippen LogP contribution in [0.4, 0.5) is 28.7 Å². The number of benzene rings is 2. The number of ether oxygens (including phenoxy) is 1. The quantitative estimate of drug-likeness (QED) is 0.177. The lowest BCUT2D eigenvalue weighted by atomic mass is 10.2. The number of imidazole rings is 1. The van der Waals surface area contributed by atoms with E-state index in [1.165, 1.54) is 12.4 Å². The average molecular weight is 555 g/mol. The predicted molar refractivity (Wildman–Crippen MR) is 158 cm³/mol. The van der Waals surface area contributed by atoms with Crippen molar-refractivity contribution >= 4 is 51.9 Å². The van der Waals surface area contributed by atoms with E-state index in [2.05, 4.69) is 30.9 Å². The van der Waals surface area contributed by atoms with Gasteiger partial charge >= 0.3 is 0 Å². The molecule has 0 fully saturated rings. The number of amides is 1. The highest BCUT2D eigenvalue weighted by Gasteiger charge is 2.08. The number of carbonyl (C=O) groups is 1. The predicted octanol–water partition coefficient (Wildman–Crippen LogP) is 6.11. The van der Waals surface area contributed by atoms with Crippen molar-refractivity contribution in [1.29, 1.82) is 0 Å². The molecule has 3 heterocycles. The molecule has 11 heteroatoms. The van der Waals surface area contributed by atoms with E-state index in [9.17, 15) is 4.79 Å². The van der Waals surface area contributed by atoms with Crippen LogP contribution in [0.3, 0.4) is 0 Å². The molecule has 0 aliphatic carbocycles. The molecule has 2 aromatic carbocycles. The number of pyridine rings is 1. The zero-order chi connectivity index (χ0) is 27.9. The lowest BCUT2D eigenvalue weighted by Gasteiger charge is -2.12. The first-order chi connectivity index (χ1) is 19.4. The van der Waals surface area contributed by atoms with Gasteiger partial charge in [0.2, 0.25) is 5.91 Å². The lowest BCUT2D eigenvalue weighted by molar-refractivity contribution is -0.111. The molecule has 1 amide bonds. The smallest absolute Gasteiger partial charge is 0.248 e. The van der Waals surface area contributed by atoms with E-state index < -0.39 is 0 Å². The average Bonchev–Trinajstić information content (AvgIpc) is 3.38. The van der Waals surface area contributed by atoms with Gasteiger partial charge in [-0.15, -0.1) is 0 Å². The van der Waals surface area contributed by atoms with Crippen LogP contribution in [0.25, 0.3) is 5.65 Å². The molecule has 0 aliphatic rings. The molecule has 202 valence electrons. The molecule has 10 nitrogen and oxygen atoms in total. The van der Waals surface area contributed by atoms with E-state index in [0.717, 1.165) is 17.0 Å². The molecule has 3 N–H and O–H groups in total. The van der Waals surface area contributed by atoms with Gasteiger partial charge in [-0.05, 0) is 56.6 Å². The van der Waals surface area contributed by atoms with Gasteiger partial charge in [-0.1, -0.05) is 23.7 Å². The van der Waals surface area contributed by atoms with Crippen molar-refractivity contribution in [3.63, 3.8) is 0 Å². The van der Waals surface area contributed by atoms with Crippen molar-refractivity contribution in [3.8, 4) is 11.5 Å². The summed E-state index contributed by atoms with van der Waals surface area (Å²) < 4.78 is 7.86. The van der Waals surface area contributed by atoms with Crippen LogP contribution in [-0.4, -0.2) is 50.8 Å². The Bertz CT molecular complexity index is 1670. The van der Waals surface area contributed by atoms with Crippen LogP contribution < -0.4 is 20.7 Å². The van der Waals surface area contributed by atoms with E-state index in [0.29, 0.717) is 40.4 Å². The fourth-order valence-corrected chi connectivity index (χ4v) is 3.98. The van der Waals surface area contributed by atoms with Crippen LogP contribution in [0, 0.1) is 0 Å². The normalized spacial score (nSPS) is 11.2. The number of halogens is 1. The summed E-state index contributed by atoms with van der Waals surface area (Å²) in [6.07, 6.45) is 10.3. The Morgan fingerprint density at radius 3 is 2.50 bits per heavy atom. The molecule has 0 radical (unpaired) electrons. The van der Waals surface area contributed by atoms with Crippen LogP contribution in [-0.2, 0) is 4.79 Å². The summed E-state index contributed by atoms with van der Waals surface area (Å²) in [6.45, 7) is 0.687. The molecule has 40 heavy (non-hydrogen) atoms. The maximum absolute atomic E-state index is 12.2. The number of nitrogens with zero attached hydrogens (tertiary/aromatic N) is 5. The van der Waals surface area contributed by atoms with Crippen molar-refractivity contribution in [2.45, 2.75) is 0 Å². The summed E-state index contributed by atoms with van der Waals surface area (Å²) in [6, 6.07) is 18.2. The fraction of sp³-hybridized carbons (Fsp3) is 0.103. The highest BCUT2D eigenvalue weighted by molar-refractivity contribution is 6.32. The summed E-state index contributed by atoms with van der Waals surface area (Å²) in [5, 5.41) is 9.78. The summed E-state index contributed by atoms with van der Waals surface area (Å²) in [4.78, 5) is 27.0. The second-order valence-corrected chi connectivity index (χ2v) is 9.48. The maximum Gasteiger partial charge on any atom is 0.248 e. The SMILES string of the molecule is CN(C)CC=CC(=O)Nc1cccc(Nc2cc(Nc3ccc(Oc4ccn5ccnc5c4)c(Cl)c3)ncn2)c1. The van der Waals surface area contributed by atoms with Crippen molar-refractivity contribution in [2.24, 2.45) is 0 Å². The first-order valence-electron chi connectivity index (χ1n) is 12.4. The van der Waals surface area contributed by atoms with Crippen LogP contribution in [0.15, 0.2) is 97.7 Å². The summed E-state index contributed by atoms with van der Waals surface area (Å²) in [5.41, 5.74) is 2.94. The van der Waals surface area contributed by atoms with Gasteiger partial charge in [-0.25, -0.2) is 15.0 Å². The van der Waals surface area contributed by atoms with E-state index in [1.54, 1.807) is 24.4 Å². The Balaban J connectivity index is 1.21. The minimum atomic E-state index is -0.193. The number of likely N-dealkylation sites (N-methyl/N-ethyl adjacent to an activating group) is 1. The van der Waals surface area contributed by atoms with Crippen LogP contribution in [0.5, 0.6) is 11.5 Å². The summed E-state index contributed by atoms with van der Waals surface area (Å²) in [5.74, 6) is 2.11. The van der Waals surface area contributed by atoms with Gasteiger partial charge in [-0.3, -0.25) is 4.79 Å². The third-order valence-corrected chi connectivity index (χ3v) is 5.91. The minimum Gasteiger partial charge on any atom is -0.456 e. The highest BCUT2D eigenvalue weighted by atomic mass is 35.5. The number of fused-ring (bicyclic) bond motifs is 1. The molecule has 5 rings (SSSR count). The molecule has 5 aromatic rings. The largest absolute Gasteiger partial charge is 0.456 e. The number of anilines is 5. The number of rotatable bonds is 10. The Labute approximate surface area is 236 Å². The summed E-state index contributed by atoms with van der Waals surface area (Å²) >= 11 is 6.51. The fourth-order valence-electron chi connectivity index (χ4n) is 3.76. The molecule has 0 spiro atoms. The van der Waals surface area contributed by atoms with Crippen molar-refractivity contribution in [2.75, 3.05) is 36.6 Å². The number of aromatic nitrogens is 4. The van der Waals surface area contributed by atoms with Crippen LogP contribution in [0.1, 0.15) is 0 Å². The molecule has 0 aliphatic heterocycles. The Morgan fingerprint density at radius 1 is 0.950 bits per heavy atom. The topological polar surface area (TPSA) is 109 Å². The molecule has 3 aromatic heterocycles. The van der Waals surface area contributed by atoms with Gasteiger partial charge in [0.15, 0.2) is 0 Å². The maximum atomic E-state index is 12.2. The standard InChI is InChI=1S/C29H27ClN8O2/c1-37(2)12-4-7-29(39)36-21-6-3-5-20(15-21)34-26-18-27(33-19-32-26)35-22-8-9-25(24(30)16-22)40-23-10-13-38-14-11-31-28(38)17-23/h3-11,13-19H,12H2,1-2H3,(H,36,39)(H2,32,33,34,35). The Kier molecular flexibility index (Phi) is 8.19. The molecular weight excluding hydrogens is 528 g/mol. The van der Waals surface area contributed by atoms with Gasteiger partial charge in [0.05, 0.1) is 5.02 Å². The molecule has 0 atom stereocenters. The first-order valence-corrected chi connectivity index (χ1v) is 12.8. The number of hydrogen-bond donors (Lipinski definition) is 3. The molecule has 0 unspecified atom stereocenters. The number of carbonyl (C=O) groups excluding carboxylic acids is 1. The van der Waals surface area contributed by atoms with Gasteiger partial charge in [-0.2, -0.15) is 0 Å². The second kappa shape index (κ2) is 12.3. The van der Waals surface area contributed by atoms with Gasteiger partial charge < -0.3 is 30.0 Å². The summed E-state index contributed by atoms with van der Waals surface area (Å²) in [7, 11) is 3.88. The van der Waals surface area contributed by atoms with E-state index >= 15 is 0 Å².